The van der Waals surface area contributed by atoms with Crippen molar-refractivity contribution in [2.45, 2.75) is 18.6 Å². The molecule has 0 bridgehead atoms. The minimum Gasteiger partial charge on any atom is -0.350 e. The summed E-state index contributed by atoms with van der Waals surface area (Å²) >= 11 is 3.21. The van der Waals surface area contributed by atoms with E-state index in [1.165, 1.54) is 6.07 Å². The summed E-state index contributed by atoms with van der Waals surface area (Å²) in [6.45, 7) is 2.51. The molecule has 0 aromatic carbocycles. The second kappa shape index (κ2) is 5.27. The molecule has 7 nitrogen and oxygen atoms in total. The Balaban J connectivity index is 1.79. The van der Waals surface area contributed by atoms with Crippen molar-refractivity contribution >= 4 is 27.4 Å². The molecule has 2 aliphatic heterocycles. The minimum absolute atomic E-state index is 0.0172. The fourth-order valence-electron chi connectivity index (χ4n) is 2.64. The summed E-state index contributed by atoms with van der Waals surface area (Å²) in [4.78, 5) is 16.8. The summed E-state index contributed by atoms with van der Waals surface area (Å²) in [6, 6.07) is 1.48. The van der Waals surface area contributed by atoms with E-state index in [1.807, 2.05) is 4.90 Å². The Morgan fingerprint density at radius 1 is 1.35 bits per heavy atom. The molecule has 20 heavy (non-hydrogen) atoms. The molecular weight excluding hydrogens is 330 g/mol. The number of rotatable bonds is 2. The highest BCUT2D eigenvalue weighted by molar-refractivity contribution is 9.10. The van der Waals surface area contributed by atoms with Crippen LogP contribution in [0.15, 0.2) is 16.7 Å². The van der Waals surface area contributed by atoms with Crippen molar-refractivity contribution in [3.05, 3.63) is 26.9 Å². The average molecular weight is 344 g/mol. The van der Waals surface area contributed by atoms with Gasteiger partial charge in [-0.15, -0.1) is 0 Å². The van der Waals surface area contributed by atoms with Gasteiger partial charge in [-0.05, 0) is 15.9 Å². The third-order valence-electron chi connectivity index (χ3n) is 3.65. The summed E-state index contributed by atoms with van der Waals surface area (Å²) in [7, 11) is 0. The van der Waals surface area contributed by atoms with E-state index in [4.69, 9.17) is 9.47 Å². The van der Waals surface area contributed by atoms with Crippen molar-refractivity contribution in [2.24, 2.45) is 0 Å². The van der Waals surface area contributed by atoms with Crippen molar-refractivity contribution in [1.29, 1.82) is 0 Å². The summed E-state index contributed by atoms with van der Waals surface area (Å²) in [5, 5.41) is 11.1. The van der Waals surface area contributed by atoms with E-state index >= 15 is 0 Å². The van der Waals surface area contributed by atoms with Crippen LogP contribution in [0.2, 0.25) is 0 Å². The van der Waals surface area contributed by atoms with Crippen LogP contribution in [-0.2, 0) is 9.47 Å². The standard InChI is InChI=1S/C12H14BrN3O4/c13-9-7-10(16(17)18)11(14-8-9)15-3-1-12(2-4-15)19-5-6-20-12/h7-8H,1-6H2. The van der Waals surface area contributed by atoms with Crippen LogP contribution in [0.1, 0.15) is 12.8 Å². The molecule has 3 heterocycles. The lowest BCUT2D eigenvalue weighted by Gasteiger charge is -2.37. The molecule has 2 aliphatic rings. The minimum atomic E-state index is -0.485. The first kappa shape index (κ1) is 13.7. The molecule has 0 atom stereocenters. The smallest absolute Gasteiger partial charge is 0.312 e. The molecule has 0 unspecified atom stereocenters. The third-order valence-corrected chi connectivity index (χ3v) is 4.08. The summed E-state index contributed by atoms with van der Waals surface area (Å²) < 4.78 is 11.9. The zero-order valence-electron chi connectivity index (χ0n) is 10.7. The molecule has 0 radical (unpaired) electrons. The van der Waals surface area contributed by atoms with Crippen molar-refractivity contribution in [3.63, 3.8) is 0 Å². The van der Waals surface area contributed by atoms with Crippen molar-refractivity contribution < 1.29 is 14.4 Å². The lowest BCUT2D eigenvalue weighted by molar-refractivity contribution is -0.384. The largest absolute Gasteiger partial charge is 0.350 e. The van der Waals surface area contributed by atoms with Gasteiger partial charge in [0.2, 0.25) is 5.82 Å². The molecule has 0 N–H and O–H groups in total. The molecule has 0 aliphatic carbocycles. The van der Waals surface area contributed by atoms with Gasteiger partial charge in [0.1, 0.15) is 0 Å². The maximum atomic E-state index is 11.1. The van der Waals surface area contributed by atoms with E-state index in [-0.39, 0.29) is 5.69 Å². The van der Waals surface area contributed by atoms with Gasteiger partial charge in [-0.2, -0.15) is 0 Å². The highest BCUT2D eigenvalue weighted by atomic mass is 79.9. The van der Waals surface area contributed by atoms with Gasteiger partial charge in [-0.3, -0.25) is 10.1 Å². The lowest BCUT2D eigenvalue weighted by atomic mass is 10.0. The first-order chi connectivity index (χ1) is 9.60. The number of hydrogen-bond acceptors (Lipinski definition) is 6. The van der Waals surface area contributed by atoms with Gasteiger partial charge in [0.05, 0.1) is 18.1 Å². The molecule has 0 amide bonds. The van der Waals surface area contributed by atoms with Crippen molar-refractivity contribution in [1.82, 2.24) is 4.98 Å². The summed E-state index contributed by atoms with van der Waals surface area (Å²) in [6.07, 6.45) is 2.97. The van der Waals surface area contributed by atoms with Crippen LogP contribution < -0.4 is 4.90 Å². The molecule has 108 valence electrons. The van der Waals surface area contributed by atoms with Gasteiger partial charge in [0.25, 0.3) is 0 Å². The van der Waals surface area contributed by atoms with E-state index in [9.17, 15) is 10.1 Å². The highest BCUT2D eigenvalue weighted by Crippen LogP contribution is 2.35. The Morgan fingerprint density at radius 3 is 2.60 bits per heavy atom. The van der Waals surface area contributed by atoms with Crippen molar-refractivity contribution in [3.8, 4) is 0 Å². The topological polar surface area (TPSA) is 77.7 Å². The highest BCUT2D eigenvalue weighted by Gasteiger charge is 2.41. The Labute approximate surface area is 124 Å². The zero-order valence-corrected chi connectivity index (χ0v) is 12.3. The average Bonchev–Trinajstić information content (AvgIpc) is 2.88. The fraction of sp³-hybridized carbons (Fsp3) is 0.583. The second-order valence-electron chi connectivity index (χ2n) is 4.85. The molecule has 1 aromatic heterocycles. The third kappa shape index (κ3) is 2.50. The predicted octanol–water partition coefficient (Wildman–Crippen LogP) is 2.10. The first-order valence-corrected chi connectivity index (χ1v) is 7.22. The summed E-state index contributed by atoms with van der Waals surface area (Å²) in [5.74, 6) is -0.0771. The first-order valence-electron chi connectivity index (χ1n) is 6.42. The quantitative estimate of drug-likeness (QED) is 0.604. The normalized spacial score (nSPS) is 21.4. The van der Waals surface area contributed by atoms with Gasteiger partial charge in [0, 0.05) is 42.7 Å². The Morgan fingerprint density at radius 2 is 2.00 bits per heavy atom. The number of pyridine rings is 1. The molecule has 8 heteroatoms. The van der Waals surface area contributed by atoms with Gasteiger partial charge in [-0.25, -0.2) is 4.98 Å². The maximum absolute atomic E-state index is 11.1. The van der Waals surface area contributed by atoms with Crippen LogP contribution in [0.4, 0.5) is 11.5 Å². The van der Waals surface area contributed by atoms with E-state index in [0.717, 1.165) is 0 Å². The number of anilines is 1. The number of hydrogen-bond donors (Lipinski definition) is 0. The summed E-state index contributed by atoms with van der Waals surface area (Å²) in [5.41, 5.74) is 0.0172. The van der Waals surface area contributed by atoms with Crippen LogP contribution in [0.3, 0.4) is 0 Å². The molecule has 3 rings (SSSR count). The number of piperidine rings is 1. The van der Waals surface area contributed by atoms with Crippen LogP contribution in [0.25, 0.3) is 0 Å². The molecule has 2 fully saturated rings. The number of halogens is 1. The molecular formula is C12H14BrN3O4. The zero-order chi connectivity index (χ0) is 14.2. The van der Waals surface area contributed by atoms with Crippen LogP contribution in [0.5, 0.6) is 0 Å². The van der Waals surface area contributed by atoms with E-state index in [0.29, 0.717) is 49.4 Å². The Bertz CT molecular complexity index is 523. The van der Waals surface area contributed by atoms with Crippen LogP contribution in [-0.4, -0.2) is 42.0 Å². The van der Waals surface area contributed by atoms with E-state index in [1.54, 1.807) is 6.20 Å². The number of aromatic nitrogens is 1. The Kier molecular flexibility index (Phi) is 3.61. The Hall–Kier alpha value is -1.25. The monoisotopic (exact) mass is 343 g/mol. The number of nitro groups is 1. The van der Waals surface area contributed by atoms with Crippen LogP contribution in [0, 0.1) is 10.1 Å². The fourth-order valence-corrected chi connectivity index (χ4v) is 2.96. The molecule has 2 saturated heterocycles. The van der Waals surface area contributed by atoms with Crippen molar-refractivity contribution in [2.75, 3.05) is 31.2 Å². The maximum Gasteiger partial charge on any atom is 0.312 e. The van der Waals surface area contributed by atoms with Gasteiger partial charge >= 0.3 is 5.69 Å². The number of nitrogens with zero attached hydrogens (tertiary/aromatic N) is 3. The predicted molar refractivity (Wildman–Crippen MR) is 74.7 cm³/mol. The molecule has 1 spiro atoms. The SMILES string of the molecule is O=[N+]([O-])c1cc(Br)cnc1N1CCC2(CC1)OCCO2. The molecule has 1 aromatic rings. The lowest BCUT2D eigenvalue weighted by Crippen LogP contribution is -2.45. The van der Waals surface area contributed by atoms with E-state index < -0.39 is 10.7 Å². The van der Waals surface area contributed by atoms with Crippen LogP contribution >= 0.6 is 15.9 Å². The van der Waals surface area contributed by atoms with Gasteiger partial charge in [-0.1, -0.05) is 0 Å². The van der Waals surface area contributed by atoms with Gasteiger partial charge < -0.3 is 14.4 Å². The van der Waals surface area contributed by atoms with E-state index in [2.05, 4.69) is 20.9 Å². The van der Waals surface area contributed by atoms with Gasteiger partial charge in [0.15, 0.2) is 5.79 Å². The number of ether oxygens (including phenoxy) is 2. The second-order valence-corrected chi connectivity index (χ2v) is 5.76. The molecule has 0 saturated carbocycles.